The van der Waals surface area contributed by atoms with Crippen molar-refractivity contribution in [2.75, 3.05) is 10.8 Å². The maximum absolute atomic E-state index is 10.1. The fourth-order valence-corrected chi connectivity index (χ4v) is 3.23. The van der Waals surface area contributed by atoms with Crippen LogP contribution >= 0.6 is 0 Å². The average molecular weight is 402 g/mol. The van der Waals surface area contributed by atoms with E-state index in [1.165, 1.54) is 5.06 Å². The normalized spacial score (nSPS) is 10.9. The molecule has 3 rings (SSSR count). The SMILES string of the molecule is CC(C)Oc1ccc(-c2ccc(-c3ccc(N(O)C(C)C)c(N)c3)cc2)cc1C#N. The Labute approximate surface area is 177 Å². The monoisotopic (exact) mass is 401 g/mol. The van der Waals surface area contributed by atoms with Gasteiger partial charge in [0.1, 0.15) is 11.8 Å². The van der Waals surface area contributed by atoms with Gasteiger partial charge in [-0.15, -0.1) is 0 Å². The molecule has 5 heteroatoms. The number of ether oxygens (including phenoxy) is 1. The smallest absolute Gasteiger partial charge is 0.137 e. The Bertz CT molecular complexity index is 1070. The first kappa shape index (κ1) is 21.2. The summed E-state index contributed by atoms with van der Waals surface area (Å²) in [6.07, 6.45) is 0.0134. The van der Waals surface area contributed by atoms with Gasteiger partial charge in [-0.25, -0.2) is 0 Å². The zero-order chi connectivity index (χ0) is 21.8. The summed E-state index contributed by atoms with van der Waals surface area (Å²) in [5.41, 5.74) is 11.7. The van der Waals surface area contributed by atoms with E-state index in [2.05, 4.69) is 6.07 Å². The second-order valence-electron chi connectivity index (χ2n) is 7.78. The maximum atomic E-state index is 10.1. The third-order valence-corrected chi connectivity index (χ3v) is 4.78. The molecule has 0 spiro atoms. The second kappa shape index (κ2) is 8.89. The van der Waals surface area contributed by atoms with Crippen LogP contribution in [-0.4, -0.2) is 17.4 Å². The molecule has 0 aliphatic heterocycles. The van der Waals surface area contributed by atoms with Crippen LogP contribution in [0, 0.1) is 11.3 Å². The molecule has 3 N–H and O–H groups in total. The Balaban J connectivity index is 1.87. The fourth-order valence-electron chi connectivity index (χ4n) is 3.23. The van der Waals surface area contributed by atoms with Gasteiger partial charge < -0.3 is 10.5 Å². The summed E-state index contributed by atoms with van der Waals surface area (Å²) >= 11 is 0. The van der Waals surface area contributed by atoms with E-state index < -0.39 is 0 Å². The van der Waals surface area contributed by atoms with Crippen LogP contribution in [0.25, 0.3) is 22.3 Å². The lowest BCUT2D eigenvalue weighted by Crippen LogP contribution is -2.27. The molecule has 0 heterocycles. The predicted molar refractivity (Wildman–Crippen MR) is 122 cm³/mol. The van der Waals surface area contributed by atoms with Crippen LogP contribution in [0.3, 0.4) is 0 Å². The largest absolute Gasteiger partial charge is 0.490 e. The molecule has 0 aliphatic rings. The first-order valence-electron chi connectivity index (χ1n) is 9.99. The number of nitrogen functional groups attached to an aromatic ring is 1. The Hall–Kier alpha value is -3.49. The Kier molecular flexibility index (Phi) is 6.29. The fraction of sp³-hybridized carbons (Fsp3) is 0.240. The summed E-state index contributed by atoms with van der Waals surface area (Å²) in [6.45, 7) is 7.67. The number of anilines is 2. The van der Waals surface area contributed by atoms with Gasteiger partial charge >= 0.3 is 0 Å². The molecular formula is C25H27N3O2. The molecule has 0 aromatic heterocycles. The maximum Gasteiger partial charge on any atom is 0.137 e. The molecule has 154 valence electrons. The van der Waals surface area contributed by atoms with E-state index in [1.807, 2.05) is 88.4 Å². The zero-order valence-corrected chi connectivity index (χ0v) is 17.8. The molecule has 0 aliphatic carbocycles. The molecule has 30 heavy (non-hydrogen) atoms. The van der Waals surface area contributed by atoms with Crippen molar-refractivity contribution < 1.29 is 9.94 Å². The number of hydrogen-bond acceptors (Lipinski definition) is 5. The van der Waals surface area contributed by atoms with Crippen LogP contribution in [0.1, 0.15) is 33.3 Å². The molecule has 0 radical (unpaired) electrons. The summed E-state index contributed by atoms with van der Waals surface area (Å²) < 4.78 is 5.70. The predicted octanol–water partition coefficient (Wildman–Crippen LogP) is 5.87. The van der Waals surface area contributed by atoms with Crippen molar-refractivity contribution in [3.63, 3.8) is 0 Å². The third kappa shape index (κ3) is 4.56. The van der Waals surface area contributed by atoms with Crippen molar-refractivity contribution in [3.05, 3.63) is 66.2 Å². The summed E-state index contributed by atoms with van der Waals surface area (Å²) in [5, 5.41) is 20.8. The van der Waals surface area contributed by atoms with Crippen LogP contribution in [-0.2, 0) is 0 Å². The van der Waals surface area contributed by atoms with Crippen LogP contribution in [0.4, 0.5) is 11.4 Å². The number of nitrogens with two attached hydrogens (primary N) is 1. The Morgan fingerprint density at radius 2 is 1.40 bits per heavy atom. The number of benzene rings is 3. The third-order valence-electron chi connectivity index (χ3n) is 4.78. The van der Waals surface area contributed by atoms with E-state index in [0.717, 1.165) is 22.3 Å². The zero-order valence-electron chi connectivity index (χ0n) is 17.8. The van der Waals surface area contributed by atoms with Crippen molar-refractivity contribution in [3.8, 4) is 34.1 Å². The van der Waals surface area contributed by atoms with Gasteiger partial charge in [-0.05, 0) is 74.2 Å². The number of nitriles is 1. The van der Waals surface area contributed by atoms with E-state index in [0.29, 0.717) is 22.7 Å². The van der Waals surface area contributed by atoms with Gasteiger partial charge in [0.25, 0.3) is 0 Å². The molecule has 0 fully saturated rings. The summed E-state index contributed by atoms with van der Waals surface area (Å²) in [4.78, 5) is 0. The van der Waals surface area contributed by atoms with Crippen molar-refractivity contribution in [2.45, 2.75) is 39.8 Å². The van der Waals surface area contributed by atoms with Crippen LogP contribution in [0.5, 0.6) is 5.75 Å². The Morgan fingerprint density at radius 3 is 1.90 bits per heavy atom. The summed E-state index contributed by atoms with van der Waals surface area (Å²) in [7, 11) is 0. The summed E-state index contributed by atoms with van der Waals surface area (Å²) in [5.74, 6) is 0.600. The van der Waals surface area contributed by atoms with Gasteiger partial charge in [0, 0.05) is 0 Å². The van der Waals surface area contributed by atoms with Gasteiger partial charge in [-0.3, -0.25) is 10.3 Å². The van der Waals surface area contributed by atoms with E-state index in [-0.39, 0.29) is 12.1 Å². The van der Waals surface area contributed by atoms with Crippen molar-refractivity contribution >= 4 is 11.4 Å². The number of hydroxylamine groups is 1. The van der Waals surface area contributed by atoms with E-state index in [9.17, 15) is 10.5 Å². The minimum absolute atomic E-state index is 0.0134. The van der Waals surface area contributed by atoms with E-state index in [1.54, 1.807) is 0 Å². The first-order valence-corrected chi connectivity index (χ1v) is 9.99. The number of hydrogen-bond donors (Lipinski definition) is 2. The highest BCUT2D eigenvalue weighted by Gasteiger charge is 2.12. The van der Waals surface area contributed by atoms with Crippen molar-refractivity contribution in [2.24, 2.45) is 0 Å². The molecule has 0 unspecified atom stereocenters. The van der Waals surface area contributed by atoms with Crippen molar-refractivity contribution in [1.82, 2.24) is 0 Å². The highest BCUT2D eigenvalue weighted by molar-refractivity contribution is 5.78. The molecule has 5 nitrogen and oxygen atoms in total. The van der Waals surface area contributed by atoms with Crippen molar-refractivity contribution in [1.29, 1.82) is 5.26 Å². The molecule has 0 amide bonds. The molecule has 0 atom stereocenters. The lowest BCUT2D eigenvalue weighted by atomic mass is 9.98. The van der Waals surface area contributed by atoms with Gasteiger partial charge in [-0.2, -0.15) is 5.26 Å². The second-order valence-corrected chi connectivity index (χ2v) is 7.78. The minimum atomic E-state index is -0.0620. The van der Waals surface area contributed by atoms with Crippen LogP contribution in [0.15, 0.2) is 60.7 Å². The quantitative estimate of drug-likeness (QED) is 0.399. The number of nitrogens with zero attached hydrogens (tertiary/aromatic N) is 2. The van der Waals surface area contributed by atoms with Gasteiger partial charge in [-0.1, -0.05) is 36.4 Å². The van der Waals surface area contributed by atoms with Gasteiger partial charge in [0.2, 0.25) is 0 Å². The Morgan fingerprint density at radius 1 is 0.867 bits per heavy atom. The average Bonchev–Trinajstić information content (AvgIpc) is 2.73. The molecule has 0 saturated heterocycles. The molecule has 0 bridgehead atoms. The molecule has 3 aromatic rings. The number of rotatable bonds is 6. The highest BCUT2D eigenvalue weighted by atomic mass is 16.5. The van der Waals surface area contributed by atoms with Crippen LogP contribution < -0.4 is 15.5 Å². The molecule has 0 saturated carbocycles. The van der Waals surface area contributed by atoms with Crippen LogP contribution in [0.2, 0.25) is 0 Å². The first-order chi connectivity index (χ1) is 14.3. The minimum Gasteiger partial charge on any atom is -0.490 e. The summed E-state index contributed by atoms with van der Waals surface area (Å²) in [6, 6.07) is 21.5. The highest BCUT2D eigenvalue weighted by Crippen LogP contribution is 2.32. The van der Waals surface area contributed by atoms with Gasteiger partial charge in [0.05, 0.1) is 29.1 Å². The molecule has 3 aromatic carbocycles. The van der Waals surface area contributed by atoms with Gasteiger partial charge in [0.15, 0.2) is 0 Å². The van der Waals surface area contributed by atoms with E-state index in [4.69, 9.17) is 10.5 Å². The topological polar surface area (TPSA) is 82.5 Å². The standard InChI is InChI=1S/C25H27N3O2/c1-16(2)28(29)24-11-9-21(14-23(24)27)19-7-5-18(6-8-19)20-10-12-25(30-17(3)4)22(13-20)15-26/h5-14,16-17,29H,27H2,1-4H3. The lowest BCUT2D eigenvalue weighted by Gasteiger charge is -2.23. The van der Waals surface area contributed by atoms with E-state index >= 15 is 0 Å². The lowest BCUT2D eigenvalue weighted by molar-refractivity contribution is 0.229. The molecular weight excluding hydrogens is 374 g/mol.